The van der Waals surface area contributed by atoms with Gasteiger partial charge in [-0.25, -0.2) is 9.67 Å². The monoisotopic (exact) mass is 351 g/mol. The number of hydrogen-bond donors (Lipinski definition) is 1. The molecule has 2 aromatic heterocycles. The Bertz CT molecular complexity index is 670. The van der Waals surface area contributed by atoms with Crippen LogP contribution < -0.4 is 5.32 Å². The van der Waals surface area contributed by atoms with Crippen LogP contribution in [0.3, 0.4) is 0 Å². The summed E-state index contributed by atoms with van der Waals surface area (Å²) in [6.07, 6.45) is 6.05. The number of carbonyl (C=O) groups excluding carboxylic acids is 1. The van der Waals surface area contributed by atoms with Gasteiger partial charge in [-0.1, -0.05) is 16.8 Å². The van der Waals surface area contributed by atoms with Gasteiger partial charge in [0.1, 0.15) is 18.1 Å². The van der Waals surface area contributed by atoms with Gasteiger partial charge >= 0.3 is 0 Å². The molecule has 1 N–H and O–H groups in total. The van der Waals surface area contributed by atoms with Crippen molar-refractivity contribution >= 4 is 23.3 Å². The fourth-order valence-electron chi connectivity index (χ4n) is 2.28. The summed E-state index contributed by atoms with van der Waals surface area (Å²) in [5.41, 5.74) is 0.654. The largest absolute Gasteiger partial charge is 0.353 e. The molecule has 3 rings (SSSR count). The second kappa shape index (κ2) is 8.18. The van der Waals surface area contributed by atoms with Crippen LogP contribution in [0, 0.1) is 0 Å². The summed E-state index contributed by atoms with van der Waals surface area (Å²) in [5, 5.41) is 11.1. The van der Waals surface area contributed by atoms with Crippen LogP contribution in [0.1, 0.15) is 25.0 Å². The molecule has 0 aliphatic carbocycles. The van der Waals surface area contributed by atoms with Crippen LogP contribution in [0.4, 0.5) is 5.82 Å². The highest BCUT2D eigenvalue weighted by Crippen LogP contribution is 2.15. The topological polar surface area (TPSA) is 91.2 Å². The van der Waals surface area contributed by atoms with E-state index in [0.717, 1.165) is 25.9 Å². The normalized spacial score (nSPS) is 17.6. The van der Waals surface area contributed by atoms with E-state index in [-0.39, 0.29) is 18.7 Å². The van der Waals surface area contributed by atoms with Crippen molar-refractivity contribution in [2.45, 2.75) is 38.7 Å². The van der Waals surface area contributed by atoms with Crippen LogP contribution in [0.2, 0.25) is 5.02 Å². The Morgan fingerprint density at radius 2 is 2.38 bits per heavy atom. The number of aromatic nitrogens is 4. The van der Waals surface area contributed by atoms with Crippen molar-refractivity contribution in [1.29, 1.82) is 0 Å². The second-order valence-corrected chi connectivity index (χ2v) is 5.86. The summed E-state index contributed by atoms with van der Waals surface area (Å²) < 4.78 is 12.6. The predicted octanol–water partition coefficient (Wildman–Crippen LogP) is 2.01. The fraction of sp³-hybridized carbons (Fsp3) is 0.467. The van der Waals surface area contributed by atoms with Crippen molar-refractivity contribution in [3.05, 3.63) is 35.2 Å². The van der Waals surface area contributed by atoms with Crippen LogP contribution >= 0.6 is 11.6 Å². The number of amides is 1. The number of hydrogen-bond acceptors (Lipinski definition) is 6. The van der Waals surface area contributed by atoms with Gasteiger partial charge in [-0.2, -0.15) is 0 Å². The number of halogens is 1. The maximum Gasteiger partial charge on any atom is 0.247 e. The molecule has 1 unspecified atom stereocenters. The molecule has 1 fully saturated rings. The zero-order chi connectivity index (χ0) is 16.8. The van der Waals surface area contributed by atoms with Crippen LogP contribution in [-0.2, 0) is 27.4 Å². The molecule has 2 aromatic rings. The van der Waals surface area contributed by atoms with E-state index in [9.17, 15) is 4.79 Å². The van der Waals surface area contributed by atoms with E-state index in [1.165, 1.54) is 10.9 Å². The van der Waals surface area contributed by atoms with Crippen LogP contribution in [-0.4, -0.2) is 38.8 Å². The van der Waals surface area contributed by atoms with E-state index in [1.807, 2.05) is 0 Å². The van der Waals surface area contributed by atoms with E-state index in [1.54, 1.807) is 18.3 Å². The smallest absolute Gasteiger partial charge is 0.247 e. The number of anilines is 1. The van der Waals surface area contributed by atoms with E-state index >= 15 is 0 Å². The van der Waals surface area contributed by atoms with Crippen molar-refractivity contribution in [1.82, 2.24) is 20.0 Å². The zero-order valence-corrected chi connectivity index (χ0v) is 13.8. The predicted molar refractivity (Wildman–Crippen MR) is 86.3 cm³/mol. The summed E-state index contributed by atoms with van der Waals surface area (Å²) in [7, 11) is 0. The van der Waals surface area contributed by atoms with Gasteiger partial charge < -0.3 is 14.8 Å². The number of rotatable bonds is 6. The first-order chi connectivity index (χ1) is 11.7. The van der Waals surface area contributed by atoms with Crippen molar-refractivity contribution in [2.24, 2.45) is 0 Å². The molecule has 1 aliphatic heterocycles. The number of ether oxygens (including phenoxy) is 2. The maximum absolute atomic E-state index is 12.0. The first kappa shape index (κ1) is 16.8. The minimum absolute atomic E-state index is 0.0389. The van der Waals surface area contributed by atoms with Crippen LogP contribution in [0.5, 0.6) is 0 Å². The Hall–Kier alpha value is -2.03. The molecule has 0 spiro atoms. The number of pyridine rings is 1. The lowest BCUT2D eigenvalue weighted by Gasteiger charge is -2.22. The summed E-state index contributed by atoms with van der Waals surface area (Å²) in [4.78, 5) is 16.0. The quantitative estimate of drug-likeness (QED) is 0.856. The molecule has 24 heavy (non-hydrogen) atoms. The second-order valence-electron chi connectivity index (χ2n) is 5.42. The van der Waals surface area contributed by atoms with Crippen LogP contribution in [0.25, 0.3) is 0 Å². The molecular weight excluding hydrogens is 334 g/mol. The molecule has 0 bridgehead atoms. The van der Waals surface area contributed by atoms with Crippen molar-refractivity contribution in [3.63, 3.8) is 0 Å². The van der Waals surface area contributed by atoms with Gasteiger partial charge in [0.25, 0.3) is 0 Å². The zero-order valence-electron chi connectivity index (χ0n) is 13.0. The third-order valence-electron chi connectivity index (χ3n) is 3.44. The lowest BCUT2D eigenvalue weighted by atomic mass is 10.2. The minimum Gasteiger partial charge on any atom is -0.353 e. The Kier molecular flexibility index (Phi) is 5.73. The average Bonchev–Trinajstić information content (AvgIpc) is 3.03. The van der Waals surface area contributed by atoms with E-state index < -0.39 is 0 Å². The molecule has 128 valence electrons. The minimum atomic E-state index is -0.252. The SMILES string of the molecule is O=C(Cn1cc(COC2CCCCO2)nn1)Nc1ccc(Cl)cn1. The van der Waals surface area contributed by atoms with Gasteiger partial charge in [-0.3, -0.25) is 4.79 Å². The third-order valence-corrected chi connectivity index (χ3v) is 3.67. The Balaban J connectivity index is 1.46. The Labute approximate surface area is 144 Å². The van der Waals surface area contributed by atoms with Gasteiger partial charge in [0.2, 0.25) is 5.91 Å². The standard InChI is InChI=1S/C15H18ClN5O3/c16-11-4-5-13(17-7-11)18-14(22)9-21-8-12(19-20-21)10-24-15-3-1-2-6-23-15/h4-5,7-8,15H,1-3,6,9-10H2,(H,17,18,22). The van der Waals surface area contributed by atoms with Crippen LogP contribution in [0.15, 0.2) is 24.5 Å². The lowest BCUT2D eigenvalue weighted by Crippen LogP contribution is -2.22. The molecule has 0 aromatic carbocycles. The molecule has 9 heteroatoms. The Morgan fingerprint density at radius 3 is 3.12 bits per heavy atom. The molecule has 1 atom stereocenters. The van der Waals surface area contributed by atoms with Gasteiger partial charge in [0.05, 0.1) is 17.8 Å². The van der Waals surface area contributed by atoms with E-state index in [2.05, 4.69) is 20.6 Å². The van der Waals surface area contributed by atoms with E-state index in [4.69, 9.17) is 21.1 Å². The average molecular weight is 352 g/mol. The fourth-order valence-corrected chi connectivity index (χ4v) is 2.39. The molecule has 1 amide bonds. The van der Waals surface area contributed by atoms with Crippen molar-refractivity contribution < 1.29 is 14.3 Å². The molecule has 0 saturated carbocycles. The van der Waals surface area contributed by atoms with E-state index in [0.29, 0.717) is 23.1 Å². The molecular formula is C15H18ClN5O3. The van der Waals surface area contributed by atoms with Gasteiger partial charge in [0, 0.05) is 12.8 Å². The summed E-state index contributed by atoms with van der Waals surface area (Å²) in [6.45, 7) is 1.08. The van der Waals surface area contributed by atoms with Crippen molar-refractivity contribution in [3.8, 4) is 0 Å². The third kappa shape index (κ3) is 4.98. The molecule has 1 saturated heterocycles. The number of nitrogens with zero attached hydrogens (tertiary/aromatic N) is 4. The Morgan fingerprint density at radius 1 is 1.46 bits per heavy atom. The first-order valence-electron chi connectivity index (χ1n) is 7.73. The highest BCUT2D eigenvalue weighted by molar-refractivity contribution is 6.30. The highest BCUT2D eigenvalue weighted by atomic mass is 35.5. The van der Waals surface area contributed by atoms with Crippen molar-refractivity contribution in [2.75, 3.05) is 11.9 Å². The molecule has 0 radical (unpaired) electrons. The first-order valence-corrected chi connectivity index (χ1v) is 8.10. The highest BCUT2D eigenvalue weighted by Gasteiger charge is 2.15. The maximum atomic E-state index is 12.0. The summed E-state index contributed by atoms with van der Waals surface area (Å²) >= 11 is 5.75. The van der Waals surface area contributed by atoms with Gasteiger partial charge in [-0.15, -0.1) is 5.10 Å². The number of nitrogens with one attached hydrogen (secondary N) is 1. The molecule has 3 heterocycles. The summed E-state index contributed by atoms with van der Waals surface area (Å²) in [5.74, 6) is 0.181. The molecule has 1 aliphatic rings. The molecule has 8 nitrogen and oxygen atoms in total. The van der Waals surface area contributed by atoms with Gasteiger partial charge in [-0.05, 0) is 31.4 Å². The lowest BCUT2D eigenvalue weighted by molar-refractivity contribution is -0.169. The summed E-state index contributed by atoms with van der Waals surface area (Å²) in [6, 6.07) is 3.29. The number of carbonyl (C=O) groups is 1. The van der Waals surface area contributed by atoms with Gasteiger partial charge in [0.15, 0.2) is 6.29 Å².